The Morgan fingerprint density at radius 3 is 2.75 bits per heavy atom. The first-order valence-corrected chi connectivity index (χ1v) is 8.45. The number of nitrogens with zero attached hydrogens (tertiary/aromatic N) is 1. The molecule has 3 unspecified atom stereocenters. The molecule has 1 fully saturated rings. The molecular formula is C18H21N3O3. The molecule has 2 aliphatic heterocycles. The van der Waals surface area contributed by atoms with Crippen molar-refractivity contribution < 1.29 is 14.7 Å². The lowest BCUT2D eigenvalue weighted by atomic mass is 9.78. The molecule has 1 aromatic rings. The normalized spacial score (nSPS) is 28.0. The molecule has 4 rings (SSSR count). The highest BCUT2D eigenvalue weighted by Gasteiger charge is 2.42. The van der Waals surface area contributed by atoms with Crippen LogP contribution in [0.3, 0.4) is 0 Å². The van der Waals surface area contributed by atoms with E-state index >= 15 is 0 Å². The molecular weight excluding hydrogens is 306 g/mol. The van der Waals surface area contributed by atoms with Crippen molar-refractivity contribution in [2.75, 3.05) is 31.5 Å². The van der Waals surface area contributed by atoms with Crippen LogP contribution in [0.1, 0.15) is 28.3 Å². The molecule has 1 amide bonds. The third-order valence-electron chi connectivity index (χ3n) is 5.30. The molecule has 6 nitrogen and oxygen atoms in total. The predicted octanol–water partition coefficient (Wildman–Crippen LogP) is 1.27. The largest absolute Gasteiger partial charge is 0.478 e. The maximum absolute atomic E-state index is 13.0. The highest BCUT2D eigenvalue weighted by Crippen LogP contribution is 2.45. The van der Waals surface area contributed by atoms with Crippen LogP contribution in [0.5, 0.6) is 0 Å². The fourth-order valence-corrected chi connectivity index (χ4v) is 4.05. The standard InChI is InChI=1S/C18H21N3O3/c22-17(21-8-6-19-7-9-21)16-13-3-1-2-12(13)14-10-11(18(23)24)4-5-15(14)20-16/h1-2,4-5,10,12-13,16,19-20H,3,6-9H2,(H,23,24). The smallest absolute Gasteiger partial charge is 0.335 e. The molecule has 3 atom stereocenters. The van der Waals surface area contributed by atoms with E-state index in [2.05, 4.69) is 22.8 Å². The molecule has 2 heterocycles. The Labute approximate surface area is 140 Å². The minimum atomic E-state index is -0.921. The summed E-state index contributed by atoms with van der Waals surface area (Å²) in [4.78, 5) is 26.2. The number of fused-ring (bicyclic) bond motifs is 3. The molecule has 1 aromatic carbocycles. The number of piperazine rings is 1. The Morgan fingerprint density at radius 2 is 2.00 bits per heavy atom. The summed E-state index contributed by atoms with van der Waals surface area (Å²) in [6.07, 6.45) is 5.07. The van der Waals surface area contributed by atoms with Gasteiger partial charge in [0.05, 0.1) is 5.56 Å². The second-order valence-corrected chi connectivity index (χ2v) is 6.66. The zero-order chi connectivity index (χ0) is 16.7. The van der Waals surface area contributed by atoms with Crippen LogP contribution in [0.2, 0.25) is 0 Å². The summed E-state index contributed by atoms with van der Waals surface area (Å²) in [6.45, 7) is 3.16. The monoisotopic (exact) mass is 327 g/mol. The first-order chi connectivity index (χ1) is 11.6. The maximum atomic E-state index is 13.0. The van der Waals surface area contributed by atoms with E-state index in [-0.39, 0.29) is 23.8 Å². The van der Waals surface area contributed by atoms with Gasteiger partial charge in [-0.1, -0.05) is 12.2 Å². The van der Waals surface area contributed by atoms with Crippen LogP contribution >= 0.6 is 0 Å². The van der Waals surface area contributed by atoms with Gasteiger partial charge < -0.3 is 20.6 Å². The van der Waals surface area contributed by atoms with Crippen molar-refractivity contribution in [2.45, 2.75) is 18.4 Å². The lowest BCUT2D eigenvalue weighted by molar-refractivity contribution is -0.133. The Balaban J connectivity index is 1.65. The fourth-order valence-electron chi connectivity index (χ4n) is 4.05. The summed E-state index contributed by atoms with van der Waals surface area (Å²) in [5.74, 6) is -0.500. The predicted molar refractivity (Wildman–Crippen MR) is 90.2 cm³/mol. The molecule has 24 heavy (non-hydrogen) atoms. The number of benzene rings is 1. The number of rotatable bonds is 2. The van der Waals surface area contributed by atoms with Crippen molar-refractivity contribution in [2.24, 2.45) is 5.92 Å². The van der Waals surface area contributed by atoms with Gasteiger partial charge in [0.2, 0.25) is 5.91 Å². The molecule has 6 heteroatoms. The summed E-state index contributed by atoms with van der Waals surface area (Å²) in [7, 11) is 0. The van der Waals surface area contributed by atoms with Crippen LogP contribution < -0.4 is 10.6 Å². The van der Waals surface area contributed by atoms with Gasteiger partial charge in [-0.05, 0) is 30.2 Å². The number of hydrogen-bond acceptors (Lipinski definition) is 4. The van der Waals surface area contributed by atoms with Crippen molar-refractivity contribution >= 4 is 17.6 Å². The van der Waals surface area contributed by atoms with E-state index in [0.29, 0.717) is 5.56 Å². The Hall–Kier alpha value is -2.34. The topological polar surface area (TPSA) is 81.7 Å². The van der Waals surface area contributed by atoms with Crippen molar-refractivity contribution in [1.29, 1.82) is 0 Å². The van der Waals surface area contributed by atoms with Gasteiger partial charge in [-0.15, -0.1) is 0 Å². The Bertz CT molecular complexity index is 709. The number of carbonyl (C=O) groups is 2. The second kappa shape index (κ2) is 5.94. The number of carboxylic acid groups (broad SMARTS) is 1. The fraction of sp³-hybridized carbons (Fsp3) is 0.444. The Kier molecular flexibility index (Phi) is 3.76. The average molecular weight is 327 g/mol. The van der Waals surface area contributed by atoms with Gasteiger partial charge in [-0.25, -0.2) is 4.79 Å². The van der Waals surface area contributed by atoms with Crippen LogP contribution in [-0.4, -0.2) is 54.1 Å². The van der Waals surface area contributed by atoms with Crippen LogP contribution in [0.4, 0.5) is 5.69 Å². The lowest BCUT2D eigenvalue weighted by Crippen LogP contribution is -2.54. The van der Waals surface area contributed by atoms with E-state index in [0.717, 1.165) is 43.9 Å². The summed E-state index contributed by atoms with van der Waals surface area (Å²) in [5.41, 5.74) is 2.15. The molecule has 0 bridgehead atoms. The van der Waals surface area contributed by atoms with Gasteiger partial charge in [-0.2, -0.15) is 0 Å². The molecule has 1 aliphatic carbocycles. The molecule has 0 saturated carbocycles. The van der Waals surface area contributed by atoms with E-state index < -0.39 is 5.97 Å². The van der Waals surface area contributed by atoms with Gasteiger partial charge in [0.25, 0.3) is 0 Å². The SMILES string of the molecule is O=C(O)c1ccc2c(c1)C1C=CCC1C(C(=O)N1CCNCC1)N2. The van der Waals surface area contributed by atoms with Crippen molar-refractivity contribution in [3.05, 3.63) is 41.5 Å². The Morgan fingerprint density at radius 1 is 1.21 bits per heavy atom. The molecule has 3 aliphatic rings. The number of aromatic carboxylic acids is 1. The highest BCUT2D eigenvalue weighted by molar-refractivity contribution is 5.90. The zero-order valence-corrected chi connectivity index (χ0v) is 13.4. The number of hydrogen-bond donors (Lipinski definition) is 3. The molecule has 0 aromatic heterocycles. The molecule has 3 N–H and O–H groups in total. The first kappa shape index (κ1) is 15.2. The summed E-state index contributed by atoms with van der Waals surface area (Å²) in [6, 6.07) is 4.88. The number of amides is 1. The number of allylic oxidation sites excluding steroid dienone is 2. The average Bonchev–Trinajstić information content (AvgIpc) is 3.10. The quantitative estimate of drug-likeness (QED) is 0.713. The third kappa shape index (κ3) is 2.47. The van der Waals surface area contributed by atoms with E-state index in [4.69, 9.17) is 0 Å². The van der Waals surface area contributed by atoms with Crippen molar-refractivity contribution in [3.63, 3.8) is 0 Å². The van der Waals surface area contributed by atoms with Crippen LogP contribution in [0.15, 0.2) is 30.4 Å². The van der Waals surface area contributed by atoms with Gasteiger partial charge in [0.15, 0.2) is 0 Å². The molecule has 0 radical (unpaired) electrons. The summed E-state index contributed by atoms with van der Waals surface area (Å²) >= 11 is 0. The van der Waals surface area contributed by atoms with E-state index in [1.165, 1.54) is 0 Å². The van der Waals surface area contributed by atoms with E-state index in [1.807, 2.05) is 4.90 Å². The number of nitrogens with one attached hydrogen (secondary N) is 2. The van der Waals surface area contributed by atoms with Crippen LogP contribution in [0.25, 0.3) is 0 Å². The van der Waals surface area contributed by atoms with Crippen molar-refractivity contribution in [1.82, 2.24) is 10.2 Å². The van der Waals surface area contributed by atoms with Crippen LogP contribution in [0, 0.1) is 5.92 Å². The number of carbonyl (C=O) groups excluding carboxylic acids is 1. The third-order valence-corrected chi connectivity index (χ3v) is 5.30. The second-order valence-electron chi connectivity index (χ2n) is 6.66. The zero-order valence-electron chi connectivity index (χ0n) is 13.4. The highest BCUT2D eigenvalue weighted by atomic mass is 16.4. The van der Waals surface area contributed by atoms with Gasteiger partial charge in [-0.3, -0.25) is 4.79 Å². The summed E-state index contributed by atoms with van der Waals surface area (Å²) in [5, 5.41) is 15.9. The molecule has 1 saturated heterocycles. The van der Waals surface area contributed by atoms with Crippen LogP contribution in [-0.2, 0) is 4.79 Å². The maximum Gasteiger partial charge on any atom is 0.335 e. The molecule has 0 spiro atoms. The first-order valence-electron chi connectivity index (χ1n) is 8.45. The van der Waals surface area contributed by atoms with Crippen molar-refractivity contribution in [3.8, 4) is 0 Å². The van der Waals surface area contributed by atoms with Gasteiger partial charge in [0, 0.05) is 43.7 Å². The number of anilines is 1. The lowest BCUT2D eigenvalue weighted by Gasteiger charge is -2.39. The molecule has 126 valence electrons. The van der Waals surface area contributed by atoms with E-state index in [9.17, 15) is 14.7 Å². The minimum absolute atomic E-state index is 0.109. The van der Waals surface area contributed by atoms with Gasteiger partial charge >= 0.3 is 5.97 Å². The number of carboxylic acids is 1. The van der Waals surface area contributed by atoms with E-state index in [1.54, 1.807) is 18.2 Å². The minimum Gasteiger partial charge on any atom is -0.478 e. The summed E-state index contributed by atoms with van der Waals surface area (Å²) < 4.78 is 0. The van der Waals surface area contributed by atoms with Gasteiger partial charge in [0.1, 0.15) is 6.04 Å².